The van der Waals surface area contributed by atoms with Gasteiger partial charge in [-0.3, -0.25) is 10.1 Å². The van der Waals surface area contributed by atoms with Crippen LogP contribution < -0.4 is 15.4 Å². The predicted molar refractivity (Wildman–Crippen MR) is 119 cm³/mol. The number of nitrogens with one attached hydrogen (secondary N) is 2. The van der Waals surface area contributed by atoms with Gasteiger partial charge in [0.2, 0.25) is 5.91 Å². The molecule has 8 nitrogen and oxygen atoms in total. The molecule has 1 aliphatic rings. The highest BCUT2D eigenvalue weighted by atomic mass is 16.6. The second-order valence-corrected chi connectivity index (χ2v) is 8.54. The third-order valence-electron chi connectivity index (χ3n) is 4.93. The van der Waals surface area contributed by atoms with Gasteiger partial charge < -0.3 is 14.8 Å². The largest absolute Gasteiger partial charge is 0.495 e. The van der Waals surface area contributed by atoms with E-state index in [1.165, 1.54) is 6.08 Å². The molecule has 0 unspecified atom stereocenters. The minimum Gasteiger partial charge on any atom is -0.495 e. The summed E-state index contributed by atoms with van der Waals surface area (Å²) in [7, 11) is 5.63. The van der Waals surface area contributed by atoms with Gasteiger partial charge in [0, 0.05) is 32.9 Å². The van der Waals surface area contributed by atoms with Gasteiger partial charge in [-0.25, -0.2) is 14.8 Å². The molecule has 0 bridgehead atoms. The van der Waals surface area contributed by atoms with Crippen molar-refractivity contribution in [2.24, 2.45) is 0 Å². The molecule has 2 N–H and O–H groups in total. The molecule has 0 aromatic heterocycles. The summed E-state index contributed by atoms with van der Waals surface area (Å²) in [5, 5.41) is 9.99. The number of ether oxygens (including phenoxy) is 2. The number of nitrogens with zero attached hydrogens (tertiary/aromatic N) is 2. The molecule has 1 heterocycles. The molecule has 2 amide bonds. The first-order chi connectivity index (χ1) is 14.0. The van der Waals surface area contributed by atoms with Crippen LogP contribution in [-0.4, -0.2) is 61.9 Å². The molecule has 0 spiro atoms. The van der Waals surface area contributed by atoms with Gasteiger partial charge in [0.15, 0.2) is 0 Å². The lowest BCUT2D eigenvalue weighted by Gasteiger charge is -2.36. The summed E-state index contributed by atoms with van der Waals surface area (Å²) in [5.41, 5.74) is 1.42. The van der Waals surface area contributed by atoms with Crippen LogP contribution in [0.5, 0.6) is 5.75 Å². The second-order valence-electron chi connectivity index (χ2n) is 8.54. The summed E-state index contributed by atoms with van der Waals surface area (Å²) in [6, 6.07) is 3.61. The van der Waals surface area contributed by atoms with Crippen molar-refractivity contribution in [3.05, 3.63) is 30.4 Å². The van der Waals surface area contributed by atoms with Gasteiger partial charge >= 0.3 is 6.09 Å². The van der Waals surface area contributed by atoms with Gasteiger partial charge in [-0.1, -0.05) is 6.58 Å². The van der Waals surface area contributed by atoms with E-state index in [4.69, 9.17) is 9.47 Å². The standard InChI is InChI=1S/C22H34N4O4/c1-8-20(27)23-17-14-18(24-21(28)30-22(2,3)4)19(29-7)13-16(17)15-9-11-26(12-10-15)25(5)6/h8,13-15H,1,9-12H2,2-7H3,(H,23,27)(H,24,28). The number of methoxy groups -OCH3 is 1. The van der Waals surface area contributed by atoms with E-state index in [1.54, 1.807) is 33.9 Å². The van der Waals surface area contributed by atoms with Gasteiger partial charge in [-0.15, -0.1) is 0 Å². The third kappa shape index (κ3) is 6.47. The zero-order valence-electron chi connectivity index (χ0n) is 18.9. The smallest absolute Gasteiger partial charge is 0.412 e. The van der Waals surface area contributed by atoms with Crippen LogP contribution in [0, 0.1) is 0 Å². The Hall–Kier alpha value is -2.58. The monoisotopic (exact) mass is 418 g/mol. The Labute approximate surface area is 179 Å². The van der Waals surface area contributed by atoms with E-state index in [9.17, 15) is 9.59 Å². The van der Waals surface area contributed by atoms with E-state index in [0.717, 1.165) is 31.5 Å². The van der Waals surface area contributed by atoms with E-state index in [0.29, 0.717) is 17.1 Å². The Morgan fingerprint density at radius 3 is 2.30 bits per heavy atom. The lowest BCUT2D eigenvalue weighted by molar-refractivity contribution is -0.111. The summed E-state index contributed by atoms with van der Waals surface area (Å²) in [6.07, 6.45) is 2.52. The number of hydrogen-bond donors (Lipinski definition) is 2. The molecule has 8 heteroatoms. The number of anilines is 2. The number of hydrazine groups is 1. The van der Waals surface area contributed by atoms with Crippen LogP contribution >= 0.6 is 0 Å². The van der Waals surface area contributed by atoms with Crippen molar-refractivity contribution in [2.75, 3.05) is 44.9 Å². The summed E-state index contributed by atoms with van der Waals surface area (Å²) >= 11 is 0. The first kappa shape index (κ1) is 23.7. The number of piperidine rings is 1. The molecule has 0 saturated carbocycles. The number of hydrogen-bond acceptors (Lipinski definition) is 6. The highest BCUT2D eigenvalue weighted by Gasteiger charge is 2.26. The maximum atomic E-state index is 12.3. The van der Waals surface area contributed by atoms with Crippen molar-refractivity contribution >= 4 is 23.4 Å². The Balaban J connectivity index is 2.35. The van der Waals surface area contributed by atoms with Crippen LogP contribution in [0.1, 0.15) is 45.1 Å². The Bertz CT molecular complexity index is 778. The molecular formula is C22H34N4O4. The Morgan fingerprint density at radius 2 is 1.80 bits per heavy atom. The van der Waals surface area contributed by atoms with Crippen LogP contribution in [0.15, 0.2) is 24.8 Å². The molecular weight excluding hydrogens is 384 g/mol. The number of carbonyl (C=O) groups excluding carboxylic acids is 2. The molecule has 1 aromatic carbocycles. The van der Waals surface area contributed by atoms with E-state index < -0.39 is 11.7 Å². The van der Waals surface area contributed by atoms with Crippen LogP contribution in [0.4, 0.5) is 16.2 Å². The molecule has 166 valence electrons. The minimum atomic E-state index is -0.627. The van der Waals surface area contributed by atoms with E-state index in [-0.39, 0.29) is 11.8 Å². The first-order valence-corrected chi connectivity index (χ1v) is 10.1. The van der Waals surface area contributed by atoms with Crippen molar-refractivity contribution in [1.29, 1.82) is 0 Å². The second kappa shape index (κ2) is 9.95. The number of carbonyl (C=O) groups is 2. The van der Waals surface area contributed by atoms with E-state index in [1.807, 2.05) is 20.2 Å². The molecule has 0 atom stereocenters. The van der Waals surface area contributed by atoms with Crippen LogP contribution in [0.2, 0.25) is 0 Å². The molecule has 1 aliphatic heterocycles. The zero-order valence-corrected chi connectivity index (χ0v) is 18.9. The Morgan fingerprint density at radius 1 is 1.17 bits per heavy atom. The lowest BCUT2D eigenvalue weighted by Crippen LogP contribution is -2.42. The fourth-order valence-electron chi connectivity index (χ4n) is 3.48. The maximum absolute atomic E-state index is 12.3. The highest BCUT2D eigenvalue weighted by Crippen LogP contribution is 2.39. The van der Waals surface area contributed by atoms with Gasteiger partial charge in [-0.05, 0) is 63.3 Å². The SMILES string of the molecule is C=CC(=O)Nc1cc(NC(=O)OC(C)(C)C)c(OC)cc1C1CCN(N(C)C)CC1. The number of benzene rings is 1. The van der Waals surface area contributed by atoms with Crippen LogP contribution in [0.3, 0.4) is 0 Å². The maximum Gasteiger partial charge on any atom is 0.412 e. The summed E-state index contributed by atoms with van der Waals surface area (Å²) in [6.45, 7) is 10.8. The molecule has 0 aliphatic carbocycles. The van der Waals surface area contributed by atoms with Crippen molar-refractivity contribution < 1.29 is 19.1 Å². The van der Waals surface area contributed by atoms with Crippen molar-refractivity contribution in [3.8, 4) is 5.75 Å². The quantitative estimate of drug-likeness (QED) is 0.684. The van der Waals surface area contributed by atoms with E-state index in [2.05, 4.69) is 27.2 Å². The van der Waals surface area contributed by atoms with Gasteiger partial charge in [-0.2, -0.15) is 0 Å². The summed E-state index contributed by atoms with van der Waals surface area (Å²) < 4.78 is 10.9. The Kier molecular flexibility index (Phi) is 7.86. The fourth-order valence-corrected chi connectivity index (χ4v) is 3.48. The predicted octanol–water partition coefficient (Wildman–Crippen LogP) is 3.82. The molecule has 1 fully saturated rings. The van der Waals surface area contributed by atoms with E-state index >= 15 is 0 Å². The number of amides is 2. The highest BCUT2D eigenvalue weighted by molar-refractivity contribution is 6.00. The van der Waals surface area contributed by atoms with Crippen molar-refractivity contribution in [3.63, 3.8) is 0 Å². The van der Waals surface area contributed by atoms with Gasteiger partial charge in [0.1, 0.15) is 11.4 Å². The first-order valence-electron chi connectivity index (χ1n) is 10.1. The molecule has 1 aromatic rings. The third-order valence-corrected chi connectivity index (χ3v) is 4.93. The van der Waals surface area contributed by atoms with Crippen LogP contribution in [0.25, 0.3) is 0 Å². The molecule has 30 heavy (non-hydrogen) atoms. The molecule has 0 radical (unpaired) electrons. The average Bonchev–Trinajstić information content (AvgIpc) is 2.66. The fraction of sp³-hybridized carbons (Fsp3) is 0.545. The normalized spacial score (nSPS) is 15.6. The zero-order chi connectivity index (χ0) is 22.5. The van der Waals surface area contributed by atoms with Crippen molar-refractivity contribution in [1.82, 2.24) is 10.0 Å². The van der Waals surface area contributed by atoms with Gasteiger partial charge in [0.05, 0.1) is 12.8 Å². The average molecular weight is 419 g/mol. The van der Waals surface area contributed by atoms with Gasteiger partial charge in [0.25, 0.3) is 0 Å². The minimum absolute atomic E-state index is 0.255. The molecule has 2 rings (SSSR count). The summed E-state index contributed by atoms with van der Waals surface area (Å²) in [5.74, 6) is 0.462. The number of rotatable bonds is 6. The lowest BCUT2D eigenvalue weighted by atomic mass is 9.88. The summed E-state index contributed by atoms with van der Waals surface area (Å²) in [4.78, 5) is 24.3. The molecule has 1 saturated heterocycles. The van der Waals surface area contributed by atoms with Crippen LogP contribution in [-0.2, 0) is 9.53 Å². The topological polar surface area (TPSA) is 83.1 Å². The van der Waals surface area contributed by atoms with Crippen molar-refractivity contribution in [2.45, 2.75) is 45.1 Å².